The lowest BCUT2D eigenvalue weighted by Gasteiger charge is -2.23. The van der Waals surface area contributed by atoms with Gasteiger partial charge in [-0.25, -0.2) is 0 Å². The van der Waals surface area contributed by atoms with Crippen molar-refractivity contribution in [3.63, 3.8) is 0 Å². The molecule has 0 bridgehead atoms. The maximum atomic E-state index is 12.2. The second-order valence-corrected chi connectivity index (χ2v) is 6.41. The van der Waals surface area contributed by atoms with Crippen LogP contribution in [0.25, 0.3) is 10.8 Å². The van der Waals surface area contributed by atoms with Crippen LogP contribution in [-0.4, -0.2) is 60.7 Å². The largest absolute Gasteiger partial charge is 0.347 e. The minimum Gasteiger partial charge on any atom is -0.347 e. The summed E-state index contributed by atoms with van der Waals surface area (Å²) in [7, 11) is 1.57. The van der Waals surface area contributed by atoms with Gasteiger partial charge in [0.2, 0.25) is 17.7 Å². The van der Waals surface area contributed by atoms with Crippen molar-refractivity contribution in [1.82, 2.24) is 15.1 Å². The van der Waals surface area contributed by atoms with E-state index in [1.807, 2.05) is 56.3 Å². The summed E-state index contributed by atoms with van der Waals surface area (Å²) in [5.74, 6) is -0.608. The molecule has 0 saturated heterocycles. The number of benzene rings is 2. The molecule has 0 aliphatic rings. The average Bonchev–Trinajstić information content (AvgIpc) is 2.67. The molecule has 0 atom stereocenters. The van der Waals surface area contributed by atoms with Crippen molar-refractivity contribution in [3.8, 4) is 0 Å². The third-order valence-corrected chi connectivity index (χ3v) is 4.58. The fraction of sp³-hybridized carbons (Fsp3) is 0.381. The quantitative estimate of drug-likeness (QED) is 0.772. The normalized spacial score (nSPS) is 10.5. The summed E-state index contributed by atoms with van der Waals surface area (Å²) in [6.45, 7) is 4.91. The van der Waals surface area contributed by atoms with Crippen LogP contribution >= 0.6 is 0 Å². The standard InChI is InChI=1S/C21H27N3O3/c1-4-24(5-2)21(27)15-23(3)20(26)14-22-19(25)13-17-11-8-10-16-9-6-7-12-18(16)17/h6-12H,4-5,13-15H2,1-3H3,(H,22,25). The van der Waals surface area contributed by atoms with Gasteiger partial charge in [0.15, 0.2) is 0 Å². The number of carbonyl (C=O) groups is 3. The highest BCUT2D eigenvalue weighted by Gasteiger charge is 2.17. The summed E-state index contributed by atoms with van der Waals surface area (Å²) >= 11 is 0. The van der Waals surface area contributed by atoms with Crippen LogP contribution in [0.3, 0.4) is 0 Å². The summed E-state index contributed by atoms with van der Waals surface area (Å²) < 4.78 is 0. The second-order valence-electron chi connectivity index (χ2n) is 6.41. The molecule has 2 rings (SSSR count). The number of hydrogen-bond acceptors (Lipinski definition) is 3. The Bertz CT molecular complexity index is 810. The van der Waals surface area contributed by atoms with E-state index in [2.05, 4.69) is 5.32 Å². The molecular formula is C21H27N3O3. The van der Waals surface area contributed by atoms with E-state index >= 15 is 0 Å². The first kappa shape index (κ1) is 20.4. The van der Waals surface area contributed by atoms with Crippen molar-refractivity contribution >= 4 is 28.5 Å². The molecule has 6 nitrogen and oxygen atoms in total. The van der Waals surface area contributed by atoms with Gasteiger partial charge < -0.3 is 15.1 Å². The Labute approximate surface area is 160 Å². The van der Waals surface area contributed by atoms with Gasteiger partial charge in [0.25, 0.3) is 0 Å². The number of nitrogens with zero attached hydrogens (tertiary/aromatic N) is 2. The lowest BCUT2D eigenvalue weighted by Crippen LogP contribution is -2.44. The molecule has 2 aromatic rings. The van der Waals surface area contributed by atoms with Gasteiger partial charge >= 0.3 is 0 Å². The molecule has 1 N–H and O–H groups in total. The Balaban J connectivity index is 1.87. The molecule has 0 saturated carbocycles. The van der Waals surface area contributed by atoms with Crippen LogP contribution in [0.5, 0.6) is 0 Å². The zero-order valence-corrected chi connectivity index (χ0v) is 16.2. The van der Waals surface area contributed by atoms with Crippen molar-refractivity contribution in [2.75, 3.05) is 33.2 Å². The summed E-state index contributed by atoms with van der Waals surface area (Å²) in [5, 5.41) is 4.76. The fourth-order valence-electron chi connectivity index (χ4n) is 2.96. The van der Waals surface area contributed by atoms with Gasteiger partial charge in [-0.1, -0.05) is 42.5 Å². The Hall–Kier alpha value is -2.89. The van der Waals surface area contributed by atoms with Crippen LogP contribution in [0.2, 0.25) is 0 Å². The zero-order valence-electron chi connectivity index (χ0n) is 16.2. The molecule has 0 unspecified atom stereocenters. The monoisotopic (exact) mass is 369 g/mol. The van der Waals surface area contributed by atoms with Gasteiger partial charge in [-0.3, -0.25) is 14.4 Å². The first-order chi connectivity index (χ1) is 13.0. The van der Waals surface area contributed by atoms with Crippen molar-refractivity contribution in [1.29, 1.82) is 0 Å². The molecule has 0 radical (unpaired) electrons. The predicted molar refractivity (Wildman–Crippen MR) is 106 cm³/mol. The van der Waals surface area contributed by atoms with E-state index < -0.39 is 0 Å². The third kappa shape index (κ3) is 5.54. The van der Waals surface area contributed by atoms with Crippen molar-refractivity contribution in [3.05, 3.63) is 48.0 Å². The lowest BCUT2D eigenvalue weighted by molar-refractivity contribution is -0.139. The molecule has 0 aromatic heterocycles. The van der Waals surface area contributed by atoms with Gasteiger partial charge in [0.1, 0.15) is 0 Å². The molecule has 2 aromatic carbocycles. The average molecular weight is 369 g/mol. The van der Waals surface area contributed by atoms with Crippen LogP contribution in [-0.2, 0) is 20.8 Å². The van der Waals surface area contributed by atoms with Gasteiger partial charge in [-0.2, -0.15) is 0 Å². The van der Waals surface area contributed by atoms with E-state index in [1.54, 1.807) is 11.9 Å². The van der Waals surface area contributed by atoms with E-state index in [4.69, 9.17) is 0 Å². The number of rotatable bonds is 8. The molecule has 27 heavy (non-hydrogen) atoms. The minimum atomic E-state index is -0.290. The summed E-state index contributed by atoms with van der Waals surface area (Å²) in [4.78, 5) is 39.5. The van der Waals surface area contributed by atoms with E-state index in [9.17, 15) is 14.4 Å². The van der Waals surface area contributed by atoms with Crippen LogP contribution in [0.1, 0.15) is 19.4 Å². The second kappa shape index (κ2) is 9.71. The van der Waals surface area contributed by atoms with Gasteiger partial charge in [-0.15, -0.1) is 0 Å². The Morgan fingerprint density at radius 1 is 0.926 bits per heavy atom. The number of hydrogen-bond donors (Lipinski definition) is 1. The number of amides is 3. The van der Waals surface area contributed by atoms with Crippen LogP contribution in [0, 0.1) is 0 Å². The molecule has 0 fully saturated rings. The van der Waals surface area contributed by atoms with Crippen LogP contribution in [0.15, 0.2) is 42.5 Å². The molecule has 6 heteroatoms. The Morgan fingerprint density at radius 2 is 1.59 bits per heavy atom. The SMILES string of the molecule is CCN(CC)C(=O)CN(C)C(=O)CNC(=O)Cc1cccc2ccccc12. The minimum absolute atomic E-state index is 0.0136. The molecule has 0 aliphatic carbocycles. The number of fused-ring (bicyclic) bond motifs is 1. The lowest BCUT2D eigenvalue weighted by atomic mass is 10.0. The molecule has 144 valence electrons. The summed E-state index contributed by atoms with van der Waals surface area (Å²) in [6, 6.07) is 13.7. The highest BCUT2D eigenvalue weighted by Crippen LogP contribution is 2.18. The topological polar surface area (TPSA) is 69.7 Å². The molecule has 0 heterocycles. The van der Waals surface area contributed by atoms with Crippen LogP contribution in [0.4, 0.5) is 0 Å². The molecule has 0 spiro atoms. The Kier molecular flexibility index (Phi) is 7.34. The van der Waals surface area contributed by atoms with Gasteiger partial charge in [0, 0.05) is 20.1 Å². The summed E-state index contributed by atoms with van der Waals surface area (Å²) in [5.41, 5.74) is 0.920. The van der Waals surface area contributed by atoms with E-state index in [0.29, 0.717) is 13.1 Å². The predicted octanol–water partition coefficient (Wildman–Crippen LogP) is 1.83. The van der Waals surface area contributed by atoms with E-state index in [1.165, 1.54) is 4.90 Å². The van der Waals surface area contributed by atoms with Crippen molar-refractivity contribution in [2.24, 2.45) is 0 Å². The first-order valence-electron chi connectivity index (χ1n) is 9.21. The van der Waals surface area contributed by atoms with Crippen molar-refractivity contribution in [2.45, 2.75) is 20.3 Å². The van der Waals surface area contributed by atoms with Crippen molar-refractivity contribution < 1.29 is 14.4 Å². The molecule has 0 aliphatic heterocycles. The zero-order chi connectivity index (χ0) is 19.8. The highest BCUT2D eigenvalue weighted by atomic mass is 16.2. The third-order valence-electron chi connectivity index (χ3n) is 4.58. The first-order valence-corrected chi connectivity index (χ1v) is 9.21. The molecular weight excluding hydrogens is 342 g/mol. The maximum absolute atomic E-state index is 12.2. The molecule has 3 amide bonds. The van der Waals surface area contributed by atoms with Gasteiger partial charge in [0.05, 0.1) is 19.5 Å². The fourth-order valence-corrected chi connectivity index (χ4v) is 2.96. The summed E-state index contributed by atoms with van der Waals surface area (Å²) in [6.07, 6.45) is 0.205. The number of likely N-dealkylation sites (N-methyl/N-ethyl adjacent to an activating group) is 2. The highest BCUT2D eigenvalue weighted by molar-refractivity contribution is 5.92. The number of carbonyl (C=O) groups excluding carboxylic acids is 3. The van der Waals surface area contributed by atoms with Crippen LogP contribution < -0.4 is 5.32 Å². The van der Waals surface area contributed by atoms with Gasteiger partial charge in [-0.05, 0) is 30.2 Å². The number of nitrogens with one attached hydrogen (secondary N) is 1. The maximum Gasteiger partial charge on any atom is 0.242 e. The smallest absolute Gasteiger partial charge is 0.242 e. The Morgan fingerprint density at radius 3 is 2.30 bits per heavy atom. The van der Waals surface area contributed by atoms with E-state index in [-0.39, 0.29) is 37.2 Å². The van der Waals surface area contributed by atoms with E-state index in [0.717, 1.165) is 16.3 Å².